The van der Waals surface area contributed by atoms with Crippen LogP contribution in [0.15, 0.2) is 0 Å². The molecule has 0 aromatic rings. The van der Waals surface area contributed by atoms with Gasteiger partial charge in [0.25, 0.3) is 0 Å². The highest BCUT2D eigenvalue weighted by atomic mass is 16.2. The van der Waals surface area contributed by atoms with Crippen LogP contribution in [0, 0.1) is 5.92 Å². The normalized spacial score (nSPS) is 20.5. The lowest BCUT2D eigenvalue weighted by Crippen LogP contribution is -2.52. The maximum absolute atomic E-state index is 11.5. The standard InChI is InChI=1S/C9H15N3O3/c1-5-2-7(13)12(8(14)3-5)4-6(10)9(11)15/h5-6H,2-4,10H2,1H3,(H2,11,15). The van der Waals surface area contributed by atoms with Crippen molar-refractivity contribution in [1.29, 1.82) is 0 Å². The second kappa shape index (κ2) is 4.39. The van der Waals surface area contributed by atoms with E-state index in [0.29, 0.717) is 12.8 Å². The van der Waals surface area contributed by atoms with E-state index in [2.05, 4.69) is 0 Å². The van der Waals surface area contributed by atoms with Gasteiger partial charge in [0.05, 0.1) is 6.54 Å². The summed E-state index contributed by atoms with van der Waals surface area (Å²) < 4.78 is 0. The van der Waals surface area contributed by atoms with Crippen molar-refractivity contribution in [1.82, 2.24) is 4.90 Å². The number of hydrogen-bond donors (Lipinski definition) is 2. The molecule has 1 heterocycles. The first-order valence-electron chi connectivity index (χ1n) is 4.80. The molecular formula is C9H15N3O3. The zero-order valence-electron chi connectivity index (χ0n) is 8.60. The van der Waals surface area contributed by atoms with Crippen LogP contribution >= 0.6 is 0 Å². The summed E-state index contributed by atoms with van der Waals surface area (Å²) in [6.07, 6.45) is 0.633. The molecule has 4 N–H and O–H groups in total. The summed E-state index contributed by atoms with van der Waals surface area (Å²) in [5, 5.41) is 0. The van der Waals surface area contributed by atoms with Gasteiger partial charge in [-0.25, -0.2) is 0 Å². The molecule has 1 unspecified atom stereocenters. The third kappa shape index (κ3) is 2.76. The van der Waals surface area contributed by atoms with Crippen LogP contribution in [0.1, 0.15) is 19.8 Å². The van der Waals surface area contributed by atoms with Gasteiger partial charge in [-0.15, -0.1) is 0 Å². The fourth-order valence-electron chi connectivity index (χ4n) is 1.52. The van der Waals surface area contributed by atoms with E-state index in [9.17, 15) is 14.4 Å². The molecule has 1 saturated heterocycles. The van der Waals surface area contributed by atoms with Crippen LogP contribution in [0.5, 0.6) is 0 Å². The molecule has 0 bridgehead atoms. The SMILES string of the molecule is CC1CC(=O)N(CC(N)C(N)=O)C(=O)C1. The highest BCUT2D eigenvalue weighted by molar-refractivity contribution is 5.98. The number of amides is 3. The second-order valence-corrected chi connectivity index (χ2v) is 3.92. The molecule has 1 aliphatic heterocycles. The Balaban J connectivity index is 2.65. The molecule has 1 rings (SSSR count). The lowest BCUT2D eigenvalue weighted by Gasteiger charge is -2.29. The van der Waals surface area contributed by atoms with Gasteiger partial charge in [0, 0.05) is 12.8 Å². The number of hydrogen-bond acceptors (Lipinski definition) is 4. The maximum atomic E-state index is 11.5. The summed E-state index contributed by atoms with van der Waals surface area (Å²) >= 11 is 0. The van der Waals surface area contributed by atoms with Crippen molar-refractivity contribution in [2.24, 2.45) is 17.4 Å². The van der Waals surface area contributed by atoms with Crippen molar-refractivity contribution >= 4 is 17.7 Å². The van der Waals surface area contributed by atoms with Gasteiger partial charge in [-0.3, -0.25) is 19.3 Å². The van der Waals surface area contributed by atoms with Crippen LogP contribution in [0.3, 0.4) is 0 Å². The number of rotatable bonds is 3. The summed E-state index contributed by atoms with van der Waals surface area (Å²) in [7, 11) is 0. The molecule has 84 valence electrons. The van der Waals surface area contributed by atoms with Gasteiger partial charge in [-0.1, -0.05) is 6.92 Å². The van der Waals surface area contributed by atoms with Gasteiger partial charge in [0.2, 0.25) is 17.7 Å². The van der Waals surface area contributed by atoms with Crippen molar-refractivity contribution in [3.63, 3.8) is 0 Å². The molecule has 0 radical (unpaired) electrons. The third-order valence-electron chi connectivity index (χ3n) is 2.39. The average Bonchev–Trinajstić information content (AvgIpc) is 2.10. The van der Waals surface area contributed by atoms with Crippen molar-refractivity contribution in [2.45, 2.75) is 25.8 Å². The Labute approximate surface area is 87.6 Å². The lowest BCUT2D eigenvalue weighted by molar-refractivity contribution is -0.150. The Morgan fingerprint density at radius 1 is 1.47 bits per heavy atom. The number of primary amides is 1. The summed E-state index contributed by atoms with van der Waals surface area (Å²) in [5.74, 6) is -1.22. The van der Waals surface area contributed by atoms with Crippen molar-refractivity contribution in [3.8, 4) is 0 Å². The number of carbonyl (C=O) groups excluding carboxylic acids is 3. The zero-order chi connectivity index (χ0) is 11.6. The molecule has 6 nitrogen and oxygen atoms in total. The van der Waals surface area contributed by atoms with Crippen LogP contribution in [-0.2, 0) is 14.4 Å². The number of nitrogens with two attached hydrogens (primary N) is 2. The fraction of sp³-hybridized carbons (Fsp3) is 0.667. The maximum Gasteiger partial charge on any atom is 0.236 e. The van der Waals surface area contributed by atoms with Gasteiger partial charge in [-0.05, 0) is 5.92 Å². The van der Waals surface area contributed by atoms with Gasteiger partial charge < -0.3 is 11.5 Å². The van der Waals surface area contributed by atoms with Crippen molar-refractivity contribution in [3.05, 3.63) is 0 Å². The van der Waals surface area contributed by atoms with Crippen molar-refractivity contribution in [2.75, 3.05) is 6.54 Å². The van der Waals surface area contributed by atoms with E-state index in [1.54, 1.807) is 0 Å². The first-order valence-corrected chi connectivity index (χ1v) is 4.80. The second-order valence-electron chi connectivity index (χ2n) is 3.92. The summed E-state index contributed by atoms with van der Waals surface area (Å²) in [4.78, 5) is 34.7. The molecule has 1 aliphatic rings. The molecule has 0 spiro atoms. The molecular weight excluding hydrogens is 198 g/mol. The molecule has 0 saturated carbocycles. The van der Waals surface area contributed by atoms with Crippen LogP contribution < -0.4 is 11.5 Å². The van der Waals surface area contributed by atoms with Crippen LogP contribution in [0.2, 0.25) is 0 Å². The molecule has 1 atom stereocenters. The predicted molar refractivity (Wildman–Crippen MR) is 52.3 cm³/mol. The lowest BCUT2D eigenvalue weighted by atomic mass is 9.97. The first-order chi connectivity index (χ1) is 6.91. The predicted octanol–water partition coefficient (Wildman–Crippen LogP) is -1.42. The highest BCUT2D eigenvalue weighted by Gasteiger charge is 2.31. The molecule has 0 aromatic carbocycles. The zero-order valence-corrected chi connectivity index (χ0v) is 8.60. The van der Waals surface area contributed by atoms with E-state index in [4.69, 9.17) is 11.5 Å². The molecule has 0 aromatic heterocycles. The Hall–Kier alpha value is -1.43. The summed E-state index contributed by atoms with van der Waals surface area (Å²) in [6.45, 7) is 1.72. The minimum absolute atomic E-state index is 0.0612. The van der Waals surface area contributed by atoms with Crippen LogP contribution in [0.4, 0.5) is 0 Å². The number of carbonyl (C=O) groups is 3. The van der Waals surface area contributed by atoms with Crippen LogP contribution in [-0.4, -0.2) is 35.2 Å². The molecule has 15 heavy (non-hydrogen) atoms. The molecule has 0 aliphatic carbocycles. The quantitative estimate of drug-likeness (QED) is 0.561. The number of imide groups is 1. The van der Waals surface area contributed by atoms with Gasteiger partial charge in [-0.2, -0.15) is 0 Å². The molecule has 6 heteroatoms. The van der Waals surface area contributed by atoms with Gasteiger partial charge in [0.1, 0.15) is 6.04 Å². The monoisotopic (exact) mass is 213 g/mol. The smallest absolute Gasteiger partial charge is 0.236 e. The largest absolute Gasteiger partial charge is 0.368 e. The van der Waals surface area contributed by atoms with E-state index in [1.807, 2.05) is 6.92 Å². The van der Waals surface area contributed by atoms with Gasteiger partial charge >= 0.3 is 0 Å². The number of piperidine rings is 1. The fourth-order valence-corrected chi connectivity index (χ4v) is 1.52. The highest BCUT2D eigenvalue weighted by Crippen LogP contribution is 2.18. The third-order valence-corrected chi connectivity index (χ3v) is 2.39. The summed E-state index contributed by atoms with van der Waals surface area (Å²) in [5.41, 5.74) is 10.3. The Morgan fingerprint density at radius 2 is 1.93 bits per heavy atom. The van der Waals surface area contributed by atoms with E-state index >= 15 is 0 Å². The number of nitrogens with zero attached hydrogens (tertiary/aromatic N) is 1. The minimum Gasteiger partial charge on any atom is -0.368 e. The summed E-state index contributed by atoms with van der Waals surface area (Å²) in [6, 6.07) is -0.980. The Bertz CT molecular complexity index is 285. The van der Waals surface area contributed by atoms with E-state index in [1.165, 1.54) is 0 Å². The molecule has 3 amide bonds. The molecule has 1 fully saturated rings. The first kappa shape index (κ1) is 11.6. The Kier molecular flexibility index (Phi) is 3.41. The average molecular weight is 213 g/mol. The van der Waals surface area contributed by atoms with E-state index in [-0.39, 0.29) is 24.3 Å². The van der Waals surface area contributed by atoms with Gasteiger partial charge in [0.15, 0.2) is 0 Å². The number of likely N-dealkylation sites (tertiary alicyclic amines) is 1. The Morgan fingerprint density at radius 3 is 2.33 bits per heavy atom. The van der Waals surface area contributed by atoms with Crippen LogP contribution in [0.25, 0.3) is 0 Å². The topological polar surface area (TPSA) is 106 Å². The van der Waals surface area contributed by atoms with E-state index < -0.39 is 11.9 Å². The van der Waals surface area contributed by atoms with Crippen molar-refractivity contribution < 1.29 is 14.4 Å². The minimum atomic E-state index is -0.980. The van der Waals surface area contributed by atoms with E-state index in [0.717, 1.165) is 4.90 Å².